The second kappa shape index (κ2) is 4.63. The van der Waals surface area contributed by atoms with Crippen LogP contribution in [0.3, 0.4) is 0 Å². The highest BCUT2D eigenvalue weighted by Gasteiger charge is 2.09. The number of hydrogen-bond donors (Lipinski definition) is 1. The highest BCUT2D eigenvalue weighted by Crippen LogP contribution is 2.22. The standard InChI is InChI=1S/C11H14ClN5/c1-16(6-8-5-14-17(2)7-8)11-9(13)3-4-10(12)15-11/h3-5,7H,6,13H2,1-2H3. The van der Waals surface area contributed by atoms with E-state index in [1.54, 1.807) is 16.8 Å². The molecule has 0 amide bonds. The van der Waals surface area contributed by atoms with Crippen LogP contribution in [0, 0.1) is 0 Å². The predicted molar refractivity (Wildman–Crippen MR) is 69.0 cm³/mol. The van der Waals surface area contributed by atoms with E-state index in [-0.39, 0.29) is 0 Å². The number of pyridine rings is 1. The van der Waals surface area contributed by atoms with E-state index in [0.29, 0.717) is 23.2 Å². The van der Waals surface area contributed by atoms with Crippen molar-refractivity contribution in [2.45, 2.75) is 6.54 Å². The summed E-state index contributed by atoms with van der Waals surface area (Å²) in [5, 5.41) is 4.55. The molecule has 2 aromatic heterocycles. The molecule has 0 saturated heterocycles. The molecule has 5 nitrogen and oxygen atoms in total. The quantitative estimate of drug-likeness (QED) is 0.844. The van der Waals surface area contributed by atoms with E-state index in [1.165, 1.54) is 0 Å². The third-order valence-corrected chi connectivity index (χ3v) is 2.62. The number of nitrogens with zero attached hydrogens (tertiary/aromatic N) is 4. The molecule has 0 aliphatic carbocycles. The number of halogens is 1. The van der Waals surface area contributed by atoms with Crippen LogP contribution in [0.2, 0.25) is 5.15 Å². The molecule has 0 saturated carbocycles. The van der Waals surface area contributed by atoms with Crippen molar-refractivity contribution in [1.82, 2.24) is 14.8 Å². The van der Waals surface area contributed by atoms with Gasteiger partial charge in [-0.15, -0.1) is 0 Å². The molecule has 0 aromatic carbocycles. The van der Waals surface area contributed by atoms with E-state index in [0.717, 1.165) is 5.56 Å². The topological polar surface area (TPSA) is 60.0 Å². The van der Waals surface area contributed by atoms with E-state index < -0.39 is 0 Å². The van der Waals surface area contributed by atoms with Gasteiger partial charge < -0.3 is 10.6 Å². The molecule has 0 atom stereocenters. The minimum absolute atomic E-state index is 0.437. The second-order valence-corrected chi connectivity index (χ2v) is 4.31. The molecular formula is C11H14ClN5. The Balaban J connectivity index is 2.19. The van der Waals surface area contributed by atoms with Crippen LogP contribution in [0.1, 0.15) is 5.56 Å². The summed E-state index contributed by atoms with van der Waals surface area (Å²) < 4.78 is 1.76. The van der Waals surface area contributed by atoms with E-state index in [9.17, 15) is 0 Å². The van der Waals surface area contributed by atoms with Crippen molar-refractivity contribution in [3.8, 4) is 0 Å². The van der Waals surface area contributed by atoms with Gasteiger partial charge in [-0.25, -0.2) is 4.98 Å². The molecule has 90 valence electrons. The van der Waals surface area contributed by atoms with Crippen molar-refractivity contribution in [1.29, 1.82) is 0 Å². The van der Waals surface area contributed by atoms with Crippen LogP contribution < -0.4 is 10.6 Å². The third-order valence-electron chi connectivity index (χ3n) is 2.41. The van der Waals surface area contributed by atoms with Gasteiger partial charge in [0, 0.05) is 32.4 Å². The number of aryl methyl sites for hydroxylation is 1. The Bertz CT molecular complexity index is 522. The molecule has 0 bridgehead atoms. The zero-order valence-corrected chi connectivity index (χ0v) is 10.5. The largest absolute Gasteiger partial charge is 0.396 e. The summed E-state index contributed by atoms with van der Waals surface area (Å²) in [6, 6.07) is 3.43. The maximum absolute atomic E-state index is 5.87. The summed E-state index contributed by atoms with van der Waals surface area (Å²) in [6.45, 7) is 0.686. The lowest BCUT2D eigenvalue weighted by Crippen LogP contribution is -2.19. The number of aromatic nitrogens is 3. The number of hydrogen-bond acceptors (Lipinski definition) is 4. The zero-order chi connectivity index (χ0) is 12.4. The first-order valence-corrected chi connectivity index (χ1v) is 5.55. The van der Waals surface area contributed by atoms with Gasteiger partial charge in [0.05, 0.1) is 11.9 Å². The lowest BCUT2D eigenvalue weighted by Gasteiger charge is -2.19. The highest BCUT2D eigenvalue weighted by molar-refractivity contribution is 6.29. The monoisotopic (exact) mass is 251 g/mol. The molecule has 0 unspecified atom stereocenters. The Hall–Kier alpha value is -1.75. The fourth-order valence-corrected chi connectivity index (χ4v) is 1.79. The fraction of sp³-hybridized carbons (Fsp3) is 0.273. The van der Waals surface area contributed by atoms with Crippen molar-refractivity contribution in [3.05, 3.63) is 35.2 Å². The van der Waals surface area contributed by atoms with Gasteiger partial charge in [0.2, 0.25) is 0 Å². The molecule has 0 aliphatic heterocycles. The molecule has 2 heterocycles. The van der Waals surface area contributed by atoms with E-state index >= 15 is 0 Å². The number of anilines is 2. The normalized spacial score (nSPS) is 10.5. The minimum atomic E-state index is 0.437. The number of nitrogen functional groups attached to an aromatic ring is 1. The predicted octanol–water partition coefficient (Wildman–Crippen LogP) is 1.69. The van der Waals surface area contributed by atoms with Crippen LogP contribution >= 0.6 is 11.6 Å². The average molecular weight is 252 g/mol. The first kappa shape index (κ1) is 11.7. The lowest BCUT2D eigenvalue weighted by molar-refractivity contribution is 0.766. The van der Waals surface area contributed by atoms with Crippen molar-refractivity contribution in [2.75, 3.05) is 17.7 Å². The van der Waals surface area contributed by atoms with Gasteiger partial charge in [0.25, 0.3) is 0 Å². The Kier molecular flexibility index (Phi) is 3.19. The smallest absolute Gasteiger partial charge is 0.153 e. The van der Waals surface area contributed by atoms with Crippen LogP contribution in [0.5, 0.6) is 0 Å². The third kappa shape index (κ3) is 2.68. The van der Waals surface area contributed by atoms with Gasteiger partial charge in [-0.3, -0.25) is 4.68 Å². The lowest BCUT2D eigenvalue weighted by atomic mass is 10.3. The van der Waals surface area contributed by atoms with E-state index in [1.807, 2.05) is 31.4 Å². The first-order chi connectivity index (χ1) is 8.06. The molecule has 0 spiro atoms. The highest BCUT2D eigenvalue weighted by atomic mass is 35.5. The summed E-state index contributed by atoms with van der Waals surface area (Å²) in [4.78, 5) is 6.16. The number of rotatable bonds is 3. The Morgan fingerprint density at radius 1 is 1.47 bits per heavy atom. The van der Waals surface area contributed by atoms with Gasteiger partial charge in [-0.1, -0.05) is 11.6 Å². The molecule has 0 aliphatic rings. The van der Waals surface area contributed by atoms with Crippen molar-refractivity contribution < 1.29 is 0 Å². The fourth-order valence-electron chi connectivity index (χ4n) is 1.64. The molecule has 2 aromatic rings. The summed E-state index contributed by atoms with van der Waals surface area (Å²) in [6.07, 6.45) is 3.77. The Morgan fingerprint density at radius 3 is 2.88 bits per heavy atom. The second-order valence-electron chi connectivity index (χ2n) is 3.93. The van der Waals surface area contributed by atoms with Crippen molar-refractivity contribution >= 4 is 23.1 Å². The average Bonchev–Trinajstić information content (AvgIpc) is 2.67. The molecule has 0 fully saturated rings. The summed E-state index contributed by atoms with van der Waals surface area (Å²) in [5.41, 5.74) is 7.57. The SMILES string of the molecule is CN(Cc1cnn(C)c1)c1nc(Cl)ccc1N. The van der Waals surface area contributed by atoms with Crippen LogP contribution in [0.4, 0.5) is 11.5 Å². The molecule has 0 radical (unpaired) electrons. The Morgan fingerprint density at radius 2 is 2.24 bits per heavy atom. The molecule has 17 heavy (non-hydrogen) atoms. The van der Waals surface area contributed by atoms with Crippen LogP contribution in [0.15, 0.2) is 24.5 Å². The van der Waals surface area contributed by atoms with Crippen molar-refractivity contribution in [3.63, 3.8) is 0 Å². The summed E-state index contributed by atoms with van der Waals surface area (Å²) in [7, 11) is 3.80. The molecular weight excluding hydrogens is 238 g/mol. The maximum Gasteiger partial charge on any atom is 0.153 e. The molecule has 6 heteroatoms. The van der Waals surface area contributed by atoms with Gasteiger partial charge >= 0.3 is 0 Å². The van der Waals surface area contributed by atoms with E-state index in [2.05, 4.69) is 10.1 Å². The number of nitrogens with two attached hydrogens (primary N) is 1. The zero-order valence-electron chi connectivity index (χ0n) is 9.76. The van der Waals surface area contributed by atoms with Gasteiger partial charge in [-0.2, -0.15) is 5.10 Å². The maximum atomic E-state index is 5.87. The molecule has 2 N–H and O–H groups in total. The summed E-state index contributed by atoms with van der Waals surface area (Å²) >= 11 is 5.86. The van der Waals surface area contributed by atoms with Crippen LogP contribution in [-0.2, 0) is 13.6 Å². The van der Waals surface area contributed by atoms with Gasteiger partial charge in [0.1, 0.15) is 5.15 Å². The van der Waals surface area contributed by atoms with Gasteiger partial charge in [-0.05, 0) is 12.1 Å². The van der Waals surface area contributed by atoms with Crippen LogP contribution in [0.25, 0.3) is 0 Å². The van der Waals surface area contributed by atoms with Crippen molar-refractivity contribution in [2.24, 2.45) is 7.05 Å². The minimum Gasteiger partial charge on any atom is -0.396 e. The van der Waals surface area contributed by atoms with Crippen LogP contribution in [-0.4, -0.2) is 21.8 Å². The van der Waals surface area contributed by atoms with E-state index in [4.69, 9.17) is 17.3 Å². The summed E-state index contributed by atoms with van der Waals surface area (Å²) in [5.74, 6) is 0.682. The van der Waals surface area contributed by atoms with Gasteiger partial charge in [0.15, 0.2) is 5.82 Å². The molecule has 2 rings (SSSR count). The Labute approximate surface area is 105 Å². The first-order valence-electron chi connectivity index (χ1n) is 5.17.